The first-order valence-electron chi connectivity index (χ1n) is 5.93. The Kier molecular flexibility index (Phi) is 3.91. The third kappa shape index (κ3) is 3.29. The Balaban J connectivity index is 1.68. The van der Waals surface area contributed by atoms with Gasteiger partial charge in [0.25, 0.3) is 0 Å². The Bertz CT molecular complexity index is 309. The fourth-order valence-corrected chi connectivity index (χ4v) is 1.99. The minimum absolute atomic E-state index is 0.526. The molecular weight excluding hydrogens is 200 g/mol. The molecule has 0 aromatic carbocycles. The molecular formula is C13H20N2O. The van der Waals surface area contributed by atoms with Gasteiger partial charge in [-0.15, -0.1) is 0 Å². The molecule has 1 fully saturated rings. The monoisotopic (exact) mass is 220 g/mol. The zero-order chi connectivity index (χ0) is 11.3. The van der Waals surface area contributed by atoms with E-state index in [0.717, 1.165) is 19.7 Å². The quantitative estimate of drug-likeness (QED) is 0.763. The van der Waals surface area contributed by atoms with Crippen LogP contribution in [0.25, 0.3) is 0 Å². The number of hydrogen-bond acceptors (Lipinski definition) is 3. The predicted molar refractivity (Wildman–Crippen MR) is 64.1 cm³/mol. The first-order valence-corrected chi connectivity index (χ1v) is 5.93. The van der Waals surface area contributed by atoms with Crippen LogP contribution >= 0.6 is 0 Å². The maximum Gasteiger partial charge on any atom is 0.0468 e. The summed E-state index contributed by atoms with van der Waals surface area (Å²) in [6.07, 6.45) is 7.60. The molecule has 1 aromatic heterocycles. The number of rotatable bonds is 7. The van der Waals surface area contributed by atoms with Gasteiger partial charge in [0.05, 0.1) is 0 Å². The van der Waals surface area contributed by atoms with Gasteiger partial charge in [-0.3, -0.25) is 4.98 Å². The molecule has 1 saturated carbocycles. The smallest absolute Gasteiger partial charge is 0.0468 e. The number of ether oxygens (including phenoxy) is 1. The summed E-state index contributed by atoms with van der Waals surface area (Å²) in [5, 5.41) is 3.52. The van der Waals surface area contributed by atoms with E-state index < -0.39 is 0 Å². The van der Waals surface area contributed by atoms with Crippen LogP contribution in [0.3, 0.4) is 0 Å². The Morgan fingerprint density at radius 1 is 1.50 bits per heavy atom. The molecule has 1 aliphatic rings. The van der Waals surface area contributed by atoms with Crippen molar-refractivity contribution in [3.8, 4) is 0 Å². The molecule has 0 spiro atoms. The van der Waals surface area contributed by atoms with Crippen LogP contribution in [0.2, 0.25) is 0 Å². The normalized spacial score (nSPS) is 17.3. The molecule has 0 aliphatic heterocycles. The Morgan fingerprint density at radius 2 is 2.38 bits per heavy atom. The lowest BCUT2D eigenvalue weighted by Crippen LogP contribution is -2.24. The third-order valence-corrected chi connectivity index (χ3v) is 3.35. The van der Waals surface area contributed by atoms with Crippen molar-refractivity contribution in [2.75, 3.05) is 20.3 Å². The molecule has 0 radical (unpaired) electrons. The SMILES string of the molecule is COCCC1(CNCc2cccnc2)CC1. The molecule has 1 N–H and O–H groups in total. The van der Waals surface area contributed by atoms with Crippen molar-refractivity contribution in [1.82, 2.24) is 10.3 Å². The van der Waals surface area contributed by atoms with Crippen LogP contribution in [-0.2, 0) is 11.3 Å². The van der Waals surface area contributed by atoms with E-state index in [1.54, 1.807) is 7.11 Å². The molecule has 2 rings (SSSR count). The minimum atomic E-state index is 0.526. The Labute approximate surface area is 97.2 Å². The maximum atomic E-state index is 5.14. The fraction of sp³-hybridized carbons (Fsp3) is 0.615. The number of hydrogen-bond donors (Lipinski definition) is 1. The number of nitrogens with zero attached hydrogens (tertiary/aromatic N) is 1. The molecule has 0 saturated heterocycles. The highest BCUT2D eigenvalue weighted by atomic mass is 16.5. The van der Waals surface area contributed by atoms with Gasteiger partial charge in [-0.25, -0.2) is 0 Å². The van der Waals surface area contributed by atoms with E-state index in [-0.39, 0.29) is 0 Å². The zero-order valence-corrected chi connectivity index (χ0v) is 9.91. The van der Waals surface area contributed by atoms with Crippen LogP contribution in [0.4, 0.5) is 0 Å². The average Bonchev–Trinajstić information content (AvgIpc) is 3.09. The summed E-state index contributed by atoms with van der Waals surface area (Å²) in [5.74, 6) is 0. The second-order valence-corrected chi connectivity index (χ2v) is 4.71. The highest BCUT2D eigenvalue weighted by Crippen LogP contribution is 2.48. The van der Waals surface area contributed by atoms with Crippen molar-refractivity contribution in [3.05, 3.63) is 30.1 Å². The van der Waals surface area contributed by atoms with E-state index >= 15 is 0 Å². The predicted octanol–water partition coefficient (Wildman–Crippen LogP) is 1.99. The van der Waals surface area contributed by atoms with Crippen LogP contribution in [0, 0.1) is 5.41 Å². The lowest BCUT2D eigenvalue weighted by molar-refractivity contribution is 0.171. The van der Waals surface area contributed by atoms with E-state index in [1.807, 2.05) is 18.5 Å². The summed E-state index contributed by atoms with van der Waals surface area (Å²) in [6, 6.07) is 4.09. The van der Waals surface area contributed by atoms with Gasteiger partial charge in [-0.05, 0) is 36.3 Å². The second kappa shape index (κ2) is 5.41. The van der Waals surface area contributed by atoms with E-state index in [4.69, 9.17) is 4.74 Å². The van der Waals surface area contributed by atoms with Gasteiger partial charge >= 0.3 is 0 Å². The fourth-order valence-electron chi connectivity index (χ4n) is 1.99. The standard InChI is InChI=1S/C13H20N2O/c1-16-8-6-13(4-5-13)11-15-10-12-3-2-7-14-9-12/h2-3,7,9,15H,4-6,8,10-11H2,1H3. The van der Waals surface area contributed by atoms with Crippen LogP contribution in [0.1, 0.15) is 24.8 Å². The molecule has 1 aromatic rings. The molecule has 16 heavy (non-hydrogen) atoms. The highest BCUT2D eigenvalue weighted by molar-refractivity contribution is 5.08. The molecule has 0 amide bonds. The average molecular weight is 220 g/mol. The molecule has 0 unspecified atom stereocenters. The minimum Gasteiger partial charge on any atom is -0.385 e. The molecule has 1 heterocycles. The number of nitrogens with one attached hydrogen (secondary N) is 1. The molecule has 3 nitrogen and oxygen atoms in total. The van der Waals surface area contributed by atoms with Crippen LogP contribution in [-0.4, -0.2) is 25.2 Å². The van der Waals surface area contributed by atoms with Crippen molar-refractivity contribution in [2.45, 2.75) is 25.8 Å². The van der Waals surface area contributed by atoms with Gasteiger partial charge in [0.1, 0.15) is 0 Å². The van der Waals surface area contributed by atoms with Gasteiger partial charge in [-0.1, -0.05) is 6.07 Å². The van der Waals surface area contributed by atoms with Crippen LogP contribution < -0.4 is 5.32 Å². The number of methoxy groups -OCH3 is 1. The van der Waals surface area contributed by atoms with Crippen molar-refractivity contribution in [2.24, 2.45) is 5.41 Å². The lowest BCUT2D eigenvalue weighted by Gasteiger charge is -2.15. The molecule has 1 aliphatic carbocycles. The summed E-state index contributed by atoms with van der Waals surface area (Å²) >= 11 is 0. The second-order valence-electron chi connectivity index (χ2n) is 4.71. The first kappa shape index (κ1) is 11.6. The zero-order valence-electron chi connectivity index (χ0n) is 9.91. The summed E-state index contributed by atoms with van der Waals surface area (Å²) < 4.78 is 5.14. The van der Waals surface area contributed by atoms with Gasteiger partial charge in [0.2, 0.25) is 0 Å². The lowest BCUT2D eigenvalue weighted by atomic mass is 10.0. The van der Waals surface area contributed by atoms with Gasteiger partial charge < -0.3 is 10.1 Å². The van der Waals surface area contributed by atoms with E-state index in [1.165, 1.54) is 24.8 Å². The van der Waals surface area contributed by atoms with Gasteiger partial charge in [0, 0.05) is 39.2 Å². The Morgan fingerprint density at radius 3 is 3.00 bits per heavy atom. The third-order valence-electron chi connectivity index (χ3n) is 3.35. The van der Waals surface area contributed by atoms with Crippen molar-refractivity contribution < 1.29 is 4.74 Å². The summed E-state index contributed by atoms with van der Waals surface area (Å²) in [4.78, 5) is 4.10. The molecule has 88 valence electrons. The summed E-state index contributed by atoms with van der Waals surface area (Å²) in [7, 11) is 1.78. The van der Waals surface area contributed by atoms with Gasteiger partial charge in [0.15, 0.2) is 0 Å². The molecule has 0 bridgehead atoms. The van der Waals surface area contributed by atoms with E-state index in [9.17, 15) is 0 Å². The maximum absolute atomic E-state index is 5.14. The largest absolute Gasteiger partial charge is 0.385 e. The van der Waals surface area contributed by atoms with E-state index in [2.05, 4.69) is 16.4 Å². The van der Waals surface area contributed by atoms with Crippen molar-refractivity contribution >= 4 is 0 Å². The summed E-state index contributed by atoms with van der Waals surface area (Å²) in [6.45, 7) is 2.91. The first-order chi connectivity index (χ1) is 7.85. The Hall–Kier alpha value is -0.930. The summed E-state index contributed by atoms with van der Waals surface area (Å²) in [5.41, 5.74) is 1.78. The molecule has 3 heteroatoms. The van der Waals surface area contributed by atoms with Crippen LogP contribution in [0.5, 0.6) is 0 Å². The van der Waals surface area contributed by atoms with Crippen molar-refractivity contribution in [1.29, 1.82) is 0 Å². The molecule has 0 atom stereocenters. The number of pyridine rings is 1. The van der Waals surface area contributed by atoms with Crippen LogP contribution in [0.15, 0.2) is 24.5 Å². The highest BCUT2D eigenvalue weighted by Gasteiger charge is 2.41. The van der Waals surface area contributed by atoms with Crippen molar-refractivity contribution in [3.63, 3.8) is 0 Å². The van der Waals surface area contributed by atoms with Gasteiger partial charge in [-0.2, -0.15) is 0 Å². The topological polar surface area (TPSA) is 34.1 Å². The van der Waals surface area contributed by atoms with E-state index in [0.29, 0.717) is 5.41 Å². The number of aromatic nitrogens is 1.